The summed E-state index contributed by atoms with van der Waals surface area (Å²) >= 11 is 0. The van der Waals surface area contributed by atoms with Gasteiger partial charge in [0.05, 0.1) is 17.7 Å². The molecule has 6 nitrogen and oxygen atoms in total. The van der Waals surface area contributed by atoms with Crippen molar-refractivity contribution in [2.24, 2.45) is 0 Å². The van der Waals surface area contributed by atoms with E-state index in [2.05, 4.69) is 5.32 Å². The molecule has 0 heterocycles. The second-order valence-electron chi connectivity index (χ2n) is 5.05. The van der Waals surface area contributed by atoms with Crippen LogP contribution in [0.5, 0.6) is 0 Å². The van der Waals surface area contributed by atoms with Crippen molar-refractivity contribution in [3.05, 3.63) is 65.2 Å². The van der Waals surface area contributed by atoms with Gasteiger partial charge in [0.15, 0.2) is 6.61 Å². The average Bonchev–Trinajstić information content (AvgIpc) is 2.62. The van der Waals surface area contributed by atoms with E-state index < -0.39 is 41.7 Å². The zero-order valence-corrected chi connectivity index (χ0v) is 13.8. The monoisotopic (exact) mass is 363 g/mol. The van der Waals surface area contributed by atoms with Gasteiger partial charge in [0.25, 0.3) is 0 Å². The van der Waals surface area contributed by atoms with Crippen molar-refractivity contribution in [2.75, 3.05) is 18.5 Å². The average molecular weight is 363 g/mol. The Balaban J connectivity index is 1.94. The molecule has 2 rings (SSSR count). The molecule has 0 saturated heterocycles. The van der Waals surface area contributed by atoms with Crippen LogP contribution in [-0.2, 0) is 9.47 Å². The van der Waals surface area contributed by atoms with Crippen molar-refractivity contribution in [1.82, 2.24) is 0 Å². The number of Topliss-reactive ketones (excluding diaryl/α,β-unsaturated/α-hetero) is 1. The zero-order valence-electron chi connectivity index (χ0n) is 13.8. The Morgan fingerprint density at radius 1 is 1.00 bits per heavy atom. The van der Waals surface area contributed by atoms with Crippen LogP contribution in [0.25, 0.3) is 0 Å². The first-order chi connectivity index (χ1) is 12.4. The number of hydrogen-bond acceptors (Lipinski definition) is 5. The van der Waals surface area contributed by atoms with Crippen molar-refractivity contribution in [3.8, 4) is 0 Å². The number of carbonyl (C=O) groups is 3. The third-order valence-electron chi connectivity index (χ3n) is 3.21. The van der Waals surface area contributed by atoms with E-state index in [-0.39, 0.29) is 12.2 Å². The lowest BCUT2D eigenvalue weighted by molar-refractivity contribution is 0.0473. The van der Waals surface area contributed by atoms with Gasteiger partial charge in [0.1, 0.15) is 11.6 Å². The van der Waals surface area contributed by atoms with Crippen LogP contribution in [0.3, 0.4) is 0 Å². The molecule has 0 bridgehead atoms. The molecule has 0 saturated carbocycles. The van der Waals surface area contributed by atoms with Gasteiger partial charge in [-0.2, -0.15) is 0 Å². The maximum absolute atomic E-state index is 13.5. The van der Waals surface area contributed by atoms with E-state index in [4.69, 9.17) is 9.47 Å². The minimum Gasteiger partial charge on any atom is -0.454 e. The predicted molar refractivity (Wildman–Crippen MR) is 88.1 cm³/mol. The second kappa shape index (κ2) is 8.70. The standard InChI is InChI=1S/C18H15F2NO5/c1-2-25-18(24)21-13-6-3-11(4-7-13)17(23)26-10-16(22)14-9-12(19)5-8-15(14)20/h3-9H,2,10H2,1H3,(H,21,24). The maximum Gasteiger partial charge on any atom is 0.411 e. The molecule has 2 aromatic rings. The molecule has 0 spiro atoms. The van der Waals surface area contributed by atoms with Crippen molar-refractivity contribution < 1.29 is 32.6 Å². The molecule has 0 unspecified atom stereocenters. The molecule has 0 aliphatic carbocycles. The molecule has 1 N–H and O–H groups in total. The molecule has 0 atom stereocenters. The van der Waals surface area contributed by atoms with Gasteiger partial charge in [-0.05, 0) is 49.4 Å². The van der Waals surface area contributed by atoms with Crippen LogP contribution >= 0.6 is 0 Å². The minimum absolute atomic E-state index is 0.118. The van der Waals surface area contributed by atoms with Gasteiger partial charge >= 0.3 is 12.1 Å². The Morgan fingerprint density at radius 2 is 1.69 bits per heavy atom. The van der Waals surface area contributed by atoms with Gasteiger partial charge in [-0.3, -0.25) is 10.1 Å². The number of nitrogens with one attached hydrogen (secondary N) is 1. The van der Waals surface area contributed by atoms with E-state index in [1.807, 2.05) is 0 Å². The topological polar surface area (TPSA) is 81.7 Å². The van der Waals surface area contributed by atoms with E-state index in [0.717, 1.165) is 18.2 Å². The third-order valence-corrected chi connectivity index (χ3v) is 3.21. The summed E-state index contributed by atoms with van der Waals surface area (Å²) in [6, 6.07) is 8.07. The lowest BCUT2D eigenvalue weighted by Gasteiger charge is -2.07. The van der Waals surface area contributed by atoms with E-state index in [0.29, 0.717) is 5.69 Å². The summed E-state index contributed by atoms with van der Waals surface area (Å²) in [5.41, 5.74) is 0.0246. The van der Waals surface area contributed by atoms with E-state index in [9.17, 15) is 23.2 Å². The van der Waals surface area contributed by atoms with Crippen molar-refractivity contribution in [2.45, 2.75) is 6.92 Å². The Kier molecular flexibility index (Phi) is 6.37. The number of anilines is 1. The fraction of sp³-hybridized carbons (Fsp3) is 0.167. The van der Waals surface area contributed by atoms with Crippen LogP contribution in [0.15, 0.2) is 42.5 Å². The Hall–Kier alpha value is -3.29. The normalized spacial score (nSPS) is 10.1. The summed E-state index contributed by atoms with van der Waals surface area (Å²) in [5, 5.41) is 2.45. The SMILES string of the molecule is CCOC(=O)Nc1ccc(C(=O)OCC(=O)c2cc(F)ccc2F)cc1. The van der Waals surface area contributed by atoms with Crippen LogP contribution in [0.2, 0.25) is 0 Å². The number of esters is 1. The van der Waals surface area contributed by atoms with Crippen LogP contribution in [0.1, 0.15) is 27.6 Å². The lowest BCUT2D eigenvalue weighted by atomic mass is 10.1. The number of amides is 1. The zero-order chi connectivity index (χ0) is 19.1. The number of benzene rings is 2. The summed E-state index contributed by atoms with van der Waals surface area (Å²) < 4.78 is 36.1. The van der Waals surface area contributed by atoms with Crippen molar-refractivity contribution in [1.29, 1.82) is 0 Å². The largest absolute Gasteiger partial charge is 0.454 e. The smallest absolute Gasteiger partial charge is 0.411 e. The summed E-state index contributed by atoms with van der Waals surface area (Å²) in [4.78, 5) is 35.0. The molecule has 0 fully saturated rings. The summed E-state index contributed by atoms with van der Waals surface area (Å²) in [6.45, 7) is 1.15. The quantitative estimate of drug-likeness (QED) is 0.627. The van der Waals surface area contributed by atoms with Gasteiger partial charge < -0.3 is 9.47 Å². The van der Waals surface area contributed by atoms with E-state index in [1.165, 1.54) is 24.3 Å². The predicted octanol–water partition coefficient (Wildman–Crippen LogP) is 3.57. The van der Waals surface area contributed by atoms with Crippen LogP contribution in [-0.4, -0.2) is 31.1 Å². The molecule has 0 aromatic heterocycles. The molecular formula is C18H15F2NO5. The first-order valence-electron chi connectivity index (χ1n) is 7.60. The molecule has 0 radical (unpaired) electrons. The van der Waals surface area contributed by atoms with Gasteiger partial charge in [-0.1, -0.05) is 0 Å². The minimum atomic E-state index is -0.901. The number of rotatable bonds is 6. The van der Waals surface area contributed by atoms with Gasteiger partial charge in [-0.15, -0.1) is 0 Å². The third kappa shape index (κ3) is 5.10. The molecule has 0 aliphatic heterocycles. The first-order valence-corrected chi connectivity index (χ1v) is 7.60. The van der Waals surface area contributed by atoms with Crippen molar-refractivity contribution in [3.63, 3.8) is 0 Å². The molecule has 1 amide bonds. The Morgan fingerprint density at radius 3 is 2.35 bits per heavy atom. The van der Waals surface area contributed by atoms with E-state index in [1.54, 1.807) is 6.92 Å². The molecule has 0 aliphatic rings. The van der Waals surface area contributed by atoms with Crippen LogP contribution in [0, 0.1) is 11.6 Å². The molecule has 26 heavy (non-hydrogen) atoms. The van der Waals surface area contributed by atoms with Gasteiger partial charge in [-0.25, -0.2) is 18.4 Å². The van der Waals surface area contributed by atoms with Crippen LogP contribution in [0.4, 0.5) is 19.3 Å². The highest BCUT2D eigenvalue weighted by molar-refractivity contribution is 5.99. The Bertz CT molecular complexity index is 821. The summed E-state index contributed by atoms with van der Waals surface area (Å²) in [7, 11) is 0. The number of halogens is 2. The highest BCUT2D eigenvalue weighted by Gasteiger charge is 2.16. The summed E-state index contributed by atoms with van der Waals surface area (Å²) in [6.07, 6.45) is -0.634. The number of carbonyl (C=O) groups excluding carboxylic acids is 3. The fourth-order valence-corrected chi connectivity index (χ4v) is 1.98. The number of ether oxygens (including phenoxy) is 2. The molecule has 8 heteroatoms. The number of hydrogen-bond donors (Lipinski definition) is 1. The van der Waals surface area contributed by atoms with Gasteiger partial charge in [0, 0.05) is 5.69 Å². The Labute approximate surface area is 147 Å². The van der Waals surface area contributed by atoms with Crippen LogP contribution < -0.4 is 5.32 Å². The lowest BCUT2D eigenvalue weighted by Crippen LogP contribution is -2.16. The van der Waals surface area contributed by atoms with E-state index >= 15 is 0 Å². The molecule has 136 valence electrons. The second-order valence-corrected chi connectivity index (χ2v) is 5.05. The molecule has 2 aromatic carbocycles. The highest BCUT2D eigenvalue weighted by atomic mass is 19.1. The highest BCUT2D eigenvalue weighted by Crippen LogP contribution is 2.13. The van der Waals surface area contributed by atoms with Gasteiger partial charge in [0.2, 0.25) is 5.78 Å². The fourth-order valence-electron chi connectivity index (χ4n) is 1.98. The maximum atomic E-state index is 13.5. The molecular weight excluding hydrogens is 348 g/mol. The summed E-state index contributed by atoms with van der Waals surface area (Å²) in [5.74, 6) is -3.36. The number of ketones is 1. The van der Waals surface area contributed by atoms with Crippen molar-refractivity contribution >= 4 is 23.5 Å². The first kappa shape index (κ1) is 19.0.